The van der Waals surface area contributed by atoms with Gasteiger partial charge < -0.3 is 15.0 Å². The van der Waals surface area contributed by atoms with Crippen molar-refractivity contribution < 1.29 is 9.90 Å². The Balaban J connectivity index is 1.86. The van der Waals surface area contributed by atoms with E-state index in [-0.39, 0.29) is 5.56 Å². The van der Waals surface area contributed by atoms with E-state index in [1.165, 1.54) is 10.9 Å². The zero-order chi connectivity index (χ0) is 14.1. The Bertz CT molecular complexity index is 773. The summed E-state index contributed by atoms with van der Waals surface area (Å²) >= 11 is 0. The lowest BCUT2D eigenvalue weighted by atomic mass is 10.2. The number of fused-ring (bicyclic) bond motifs is 1. The molecule has 0 saturated carbocycles. The van der Waals surface area contributed by atoms with Gasteiger partial charge in [0.1, 0.15) is 0 Å². The second-order valence-corrected chi connectivity index (χ2v) is 4.71. The van der Waals surface area contributed by atoms with Crippen LogP contribution >= 0.6 is 0 Å². The summed E-state index contributed by atoms with van der Waals surface area (Å²) < 4.78 is 2.07. The quantitative estimate of drug-likeness (QED) is 0.761. The van der Waals surface area contributed by atoms with Crippen LogP contribution in [0.1, 0.15) is 10.4 Å². The third kappa shape index (κ3) is 2.23. The standard InChI is InChI=1S/C16H14N2O2/c1-18-9-8-12-10-14(6-7-15(12)18)17-13-4-2-11(3-5-13)16(19)20/h2-10,17H,1H3,(H,19,20). The molecular formula is C16H14N2O2. The summed E-state index contributed by atoms with van der Waals surface area (Å²) in [6.45, 7) is 0. The van der Waals surface area contributed by atoms with Gasteiger partial charge in [0.05, 0.1) is 5.56 Å². The van der Waals surface area contributed by atoms with E-state index in [1.54, 1.807) is 24.3 Å². The van der Waals surface area contributed by atoms with Crippen molar-refractivity contribution in [3.8, 4) is 0 Å². The molecule has 3 aromatic rings. The average molecular weight is 266 g/mol. The number of carboxylic acids is 1. The van der Waals surface area contributed by atoms with Crippen molar-refractivity contribution in [3.05, 3.63) is 60.3 Å². The molecule has 0 aliphatic carbocycles. The van der Waals surface area contributed by atoms with Crippen LogP contribution in [0, 0.1) is 0 Å². The molecule has 0 aliphatic rings. The van der Waals surface area contributed by atoms with Crippen molar-refractivity contribution in [2.24, 2.45) is 7.05 Å². The monoisotopic (exact) mass is 266 g/mol. The summed E-state index contributed by atoms with van der Waals surface area (Å²) in [5.41, 5.74) is 3.31. The highest BCUT2D eigenvalue weighted by Gasteiger charge is 2.03. The summed E-state index contributed by atoms with van der Waals surface area (Å²) in [4.78, 5) is 10.8. The molecule has 20 heavy (non-hydrogen) atoms. The van der Waals surface area contributed by atoms with Gasteiger partial charge >= 0.3 is 5.97 Å². The molecule has 0 saturated heterocycles. The van der Waals surface area contributed by atoms with Gasteiger partial charge in [-0.05, 0) is 48.5 Å². The molecule has 0 spiro atoms. The van der Waals surface area contributed by atoms with Crippen LogP contribution in [0.2, 0.25) is 0 Å². The molecule has 1 heterocycles. The Morgan fingerprint density at radius 2 is 1.75 bits per heavy atom. The molecule has 2 N–H and O–H groups in total. The molecule has 0 aliphatic heterocycles. The normalized spacial score (nSPS) is 10.7. The van der Waals surface area contributed by atoms with Gasteiger partial charge in [0.25, 0.3) is 0 Å². The smallest absolute Gasteiger partial charge is 0.335 e. The average Bonchev–Trinajstić information content (AvgIpc) is 2.81. The van der Waals surface area contributed by atoms with Crippen molar-refractivity contribution in [1.29, 1.82) is 0 Å². The number of aryl methyl sites for hydroxylation is 1. The number of anilines is 2. The fourth-order valence-electron chi connectivity index (χ4n) is 2.22. The van der Waals surface area contributed by atoms with E-state index in [1.807, 2.05) is 19.3 Å². The Morgan fingerprint density at radius 1 is 1.05 bits per heavy atom. The summed E-state index contributed by atoms with van der Waals surface area (Å²) in [7, 11) is 2.01. The summed E-state index contributed by atoms with van der Waals surface area (Å²) in [6, 6.07) is 14.9. The Kier molecular flexibility index (Phi) is 2.91. The van der Waals surface area contributed by atoms with Gasteiger partial charge in [0, 0.05) is 35.5 Å². The molecule has 0 amide bonds. The molecule has 0 unspecified atom stereocenters. The highest BCUT2D eigenvalue weighted by molar-refractivity contribution is 5.88. The van der Waals surface area contributed by atoms with Crippen LogP contribution in [-0.2, 0) is 7.05 Å². The zero-order valence-electron chi connectivity index (χ0n) is 11.0. The molecule has 4 heteroatoms. The SMILES string of the molecule is Cn1ccc2cc(Nc3ccc(C(=O)O)cc3)ccc21. The van der Waals surface area contributed by atoms with E-state index in [2.05, 4.69) is 28.1 Å². The summed E-state index contributed by atoms with van der Waals surface area (Å²) in [5, 5.41) is 13.3. The third-order valence-corrected chi connectivity index (χ3v) is 3.31. The number of nitrogens with zero attached hydrogens (tertiary/aromatic N) is 1. The highest BCUT2D eigenvalue weighted by atomic mass is 16.4. The van der Waals surface area contributed by atoms with E-state index >= 15 is 0 Å². The Hall–Kier alpha value is -2.75. The summed E-state index contributed by atoms with van der Waals surface area (Å²) in [6.07, 6.45) is 2.02. The largest absolute Gasteiger partial charge is 0.478 e. The minimum Gasteiger partial charge on any atom is -0.478 e. The van der Waals surface area contributed by atoms with Gasteiger partial charge in [0.2, 0.25) is 0 Å². The molecule has 100 valence electrons. The first-order chi connectivity index (χ1) is 9.63. The van der Waals surface area contributed by atoms with Crippen LogP contribution in [0.4, 0.5) is 11.4 Å². The van der Waals surface area contributed by atoms with Gasteiger partial charge in [-0.15, -0.1) is 0 Å². The van der Waals surface area contributed by atoms with E-state index in [0.29, 0.717) is 0 Å². The maximum atomic E-state index is 10.8. The maximum absolute atomic E-state index is 10.8. The van der Waals surface area contributed by atoms with Gasteiger partial charge in [-0.3, -0.25) is 0 Å². The molecular weight excluding hydrogens is 252 g/mol. The first-order valence-electron chi connectivity index (χ1n) is 6.29. The lowest BCUT2D eigenvalue weighted by molar-refractivity contribution is 0.0697. The second-order valence-electron chi connectivity index (χ2n) is 4.71. The number of carboxylic acid groups (broad SMARTS) is 1. The van der Waals surface area contributed by atoms with E-state index in [4.69, 9.17) is 5.11 Å². The van der Waals surface area contributed by atoms with E-state index < -0.39 is 5.97 Å². The van der Waals surface area contributed by atoms with Crippen LogP contribution in [0.15, 0.2) is 54.7 Å². The fraction of sp³-hybridized carbons (Fsp3) is 0.0625. The first-order valence-corrected chi connectivity index (χ1v) is 6.29. The number of aromatic nitrogens is 1. The van der Waals surface area contributed by atoms with Crippen LogP contribution in [0.25, 0.3) is 10.9 Å². The van der Waals surface area contributed by atoms with Gasteiger partial charge in [-0.25, -0.2) is 4.79 Å². The molecule has 1 aromatic heterocycles. The van der Waals surface area contributed by atoms with Gasteiger partial charge in [0.15, 0.2) is 0 Å². The van der Waals surface area contributed by atoms with Crippen LogP contribution in [-0.4, -0.2) is 15.6 Å². The Labute approximate surface area is 116 Å². The summed E-state index contributed by atoms with van der Waals surface area (Å²) in [5.74, 6) is -0.915. The highest BCUT2D eigenvalue weighted by Crippen LogP contribution is 2.23. The van der Waals surface area contributed by atoms with Gasteiger partial charge in [-0.2, -0.15) is 0 Å². The molecule has 3 rings (SSSR count). The lowest BCUT2D eigenvalue weighted by Crippen LogP contribution is -1.96. The Morgan fingerprint density at radius 3 is 2.45 bits per heavy atom. The first kappa shape index (κ1) is 12.3. The fourth-order valence-corrected chi connectivity index (χ4v) is 2.22. The zero-order valence-corrected chi connectivity index (χ0v) is 11.0. The predicted octanol–water partition coefficient (Wildman–Crippen LogP) is 3.62. The minimum absolute atomic E-state index is 0.286. The molecule has 0 bridgehead atoms. The number of hydrogen-bond acceptors (Lipinski definition) is 2. The van der Waals surface area contributed by atoms with Crippen LogP contribution in [0.5, 0.6) is 0 Å². The topological polar surface area (TPSA) is 54.3 Å². The number of hydrogen-bond donors (Lipinski definition) is 2. The van der Waals surface area contributed by atoms with E-state index in [9.17, 15) is 4.79 Å². The van der Waals surface area contributed by atoms with Crippen molar-refractivity contribution in [1.82, 2.24) is 4.57 Å². The molecule has 0 fully saturated rings. The van der Waals surface area contributed by atoms with Crippen LogP contribution in [0.3, 0.4) is 0 Å². The molecule has 0 radical (unpaired) electrons. The van der Waals surface area contributed by atoms with Gasteiger partial charge in [-0.1, -0.05) is 0 Å². The molecule has 2 aromatic carbocycles. The molecule has 4 nitrogen and oxygen atoms in total. The predicted molar refractivity (Wildman–Crippen MR) is 79.6 cm³/mol. The molecule has 0 atom stereocenters. The third-order valence-electron chi connectivity index (χ3n) is 3.31. The second kappa shape index (κ2) is 4.74. The van der Waals surface area contributed by atoms with Crippen LogP contribution < -0.4 is 5.32 Å². The maximum Gasteiger partial charge on any atom is 0.335 e. The number of aromatic carboxylic acids is 1. The van der Waals surface area contributed by atoms with Crippen molar-refractivity contribution in [2.75, 3.05) is 5.32 Å². The van der Waals surface area contributed by atoms with Crippen molar-refractivity contribution >= 4 is 28.2 Å². The lowest BCUT2D eigenvalue weighted by Gasteiger charge is -2.07. The number of benzene rings is 2. The number of carbonyl (C=O) groups is 1. The number of nitrogens with one attached hydrogen (secondary N) is 1. The number of rotatable bonds is 3. The van der Waals surface area contributed by atoms with Crippen molar-refractivity contribution in [3.63, 3.8) is 0 Å². The minimum atomic E-state index is -0.915. The van der Waals surface area contributed by atoms with Crippen molar-refractivity contribution in [2.45, 2.75) is 0 Å². The van der Waals surface area contributed by atoms with E-state index in [0.717, 1.165) is 11.4 Å².